The molecule has 2 nitrogen and oxygen atoms in total. The number of alkyl halides is 3. The van der Waals surface area contributed by atoms with Gasteiger partial charge in [0.05, 0.1) is 16.3 Å². The van der Waals surface area contributed by atoms with E-state index in [9.17, 15) is 13.2 Å². The van der Waals surface area contributed by atoms with Crippen molar-refractivity contribution in [3.05, 3.63) is 51.0 Å². The van der Waals surface area contributed by atoms with Crippen LogP contribution in [-0.4, -0.2) is 12.0 Å². The number of aromatic nitrogens is 1. The molecule has 21 heavy (non-hydrogen) atoms. The van der Waals surface area contributed by atoms with Crippen LogP contribution in [0.2, 0.25) is 0 Å². The average Bonchev–Trinajstić information content (AvgIpc) is 2.74. The number of nitrogens with zero attached hydrogens (tertiary/aromatic N) is 1. The Bertz CT molecular complexity index is 602. The molecule has 0 fully saturated rings. The Morgan fingerprint density at radius 3 is 2.24 bits per heavy atom. The molecule has 0 radical (unpaired) electrons. The number of likely N-dealkylation sites (N-methyl/N-ethyl adjacent to an activating group) is 1. The monoisotopic (exact) mass is 314 g/mol. The third-order valence-corrected chi connectivity index (χ3v) is 4.51. The predicted octanol–water partition coefficient (Wildman–Crippen LogP) is 4.28. The van der Waals surface area contributed by atoms with Gasteiger partial charge in [-0.25, -0.2) is 4.98 Å². The van der Waals surface area contributed by atoms with Crippen LogP contribution >= 0.6 is 11.3 Å². The van der Waals surface area contributed by atoms with E-state index in [1.54, 1.807) is 11.3 Å². The van der Waals surface area contributed by atoms with E-state index in [1.807, 2.05) is 20.9 Å². The molecular formula is C15H17F3N2S. The van der Waals surface area contributed by atoms with E-state index in [4.69, 9.17) is 0 Å². The molecule has 0 aliphatic carbocycles. The first-order valence-electron chi connectivity index (χ1n) is 6.58. The molecule has 1 unspecified atom stereocenters. The molecule has 0 saturated heterocycles. The van der Waals surface area contributed by atoms with Gasteiger partial charge < -0.3 is 5.32 Å². The van der Waals surface area contributed by atoms with E-state index in [-0.39, 0.29) is 6.04 Å². The fourth-order valence-electron chi connectivity index (χ4n) is 2.26. The SMILES string of the molecule is CNC(Cc1ccc(C(F)(F)F)cc1)c1sc(C)nc1C. The highest BCUT2D eigenvalue weighted by Gasteiger charge is 2.30. The first-order valence-corrected chi connectivity index (χ1v) is 7.40. The van der Waals surface area contributed by atoms with Crippen molar-refractivity contribution in [3.8, 4) is 0 Å². The van der Waals surface area contributed by atoms with Crippen molar-refractivity contribution >= 4 is 11.3 Å². The number of hydrogen-bond acceptors (Lipinski definition) is 3. The van der Waals surface area contributed by atoms with Crippen LogP contribution in [0.1, 0.15) is 32.7 Å². The molecule has 1 aromatic heterocycles. The molecule has 1 heterocycles. The van der Waals surface area contributed by atoms with E-state index < -0.39 is 11.7 Å². The molecule has 0 saturated carbocycles. The number of nitrogens with one attached hydrogen (secondary N) is 1. The molecule has 1 N–H and O–H groups in total. The van der Waals surface area contributed by atoms with Gasteiger partial charge in [-0.15, -0.1) is 11.3 Å². The van der Waals surface area contributed by atoms with Crippen LogP contribution in [0, 0.1) is 13.8 Å². The van der Waals surface area contributed by atoms with E-state index in [2.05, 4.69) is 10.3 Å². The summed E-state index contributed by atoms with van der Waals surface area (Å²) in [7, 11) is 1.85. The summed E-state index contributed by atoms with van der Waals surface area (Å²) in [6.45, 7) is 3.90. The van der Waals surface area contributed by atoms with Crippen molar-refractivity contribution in [1.29, 1.82) is 0 Å². The fourth-order valence-corrected chi connectivity index (χ4v) is 3.30. The standard InChI is InChI=1S/C15H17F3N2S/c1-9-14(21-10(2)20-9)13(19-3)8-11-4-6-12(7-5-11)15(16,17)18/h4-7,13,19H,8H2,1-3H3. The Balaban J connectivity index is 2.17. The summed E-state index contributed by atoms with van der Waals surface area (Å²) < 4.78 is 37.6. The summed E-state index contributed by atoms with van der Waals surface area (Å²) in [5.74, 6) is 0. The Hall–Kier alpha value is -1.40. The minimum absolute atomic E-state index is 0.0629. The van der Waals surface area contributed by atoms with Crippen LogP contribution in [0.5, 0.6) is 0 Å². The lowest BCUT2D eigenvalue weighted by molar-refractivity contribution is -0.137. The first kappa shape index (κ1) is 16.0. The Labute approximate surface area is 126 Å². The molecule has 0 spiro atoms. The molecule has 0 aliphatic rings. The summed E-state index contributed by atoms with van der Waals surface area (Å²) in [5, 5.41) is 4.21. The maximum absolute atomic E-state index is 12.5. The highest BCUT2D eigenvalue weighted by Crippen LogP contribution is 2.31. The molecule has 0 bridgehead atoms. The molecular weight excluding hydrogens is 297 g/mol. The van der Waals surface area contributed by atoms with Gasteiger partial charge in [0.2, 0.25) is 0 Å². The largest absolute Gasteiger partial charge is 0.416 e. The predicted molar refractivity (Wildman–Crippen MR) is 78.5 cm³/mol. The van der Waals surface area contributed by atoms with Crippen LogP contribution in [-0.2, 0) is 12.6 Å². The van der Waals surface area contributed by atoms with Gasteiger partial charge in [-0.3, -0.25) is 0 Å². The van der Waals surface area contributed by atoms with Gasteiger partial charge in [0.15, 0.2) is 0 Å². The van der Waals surface area contributed by atoms with Crippen molar-refractivity contribution in [2.24, 2.45) is 0 Å². The second-order valence-corrected chi connectivity index (χ2v) is 6.16. The Morgan fingerprint density at radius 1 is 1.19 bits per heavy atom. The first-order chi connectivity index (χ1) is 9.81. The average molecular weight is 314 g/mol. The van der Waals surface area contributed by atoms with Crippen LogP contribution in [0.4, 0.5) is 13.2 Å². The van der Waals surface area contributed by atoms with Crippen LogP contribution < -0.4 is 5.32 Å². The highest BCUT2D eigenvalue weighted by molar-refractivity contribution is 7.11. The third-order valence-electron chi connectivity index (χ3n) is 3.33. The van der Waals surface area contributed by atoms with Crippen molar-refractivity contribution in [3.63, 3.8) is 0 Å². The lowest BCUT2D eigenvalue weighted by Gasteiger charge is -2.16. The van der Waals surface area contributed by atoms with Gasteiger partial charge >= 0.3 is 6.18 Å². The summed E-state index contributed by atoms with van der Waals surface area (Å²) >= 11 is 1.62. The number of halogens is 3. The summed E-state index contributed by atoms with van der Waals surface area (Å²) in [5.41, 5.74) is 1.23. The van der Waals surface area contributed by atoms with Gasteiger partial charge in [0.25, 0.3) is 0 Å². The number of thiazole rings is 1. The smallest absolute Gasteiger partial charge is 0.312 e. The zero-order valence-electron chi connectivity index (χ0n) is 12.1. The van der Waals surface area contributed by atoms with Crippen molar-refractivity contribution in [2.45, 2.75) is 32.5 Å². The summed E-state index contributed by atoms with van der Waals surface area (Å²) in [6, 6.07) is 5.40. The van der Waals surface area contributed by atoms with E-state index >= 15 is 0 Å². The second kappa shape index (κ2) is 6.15. The minimum Gasteiger partial charge on any atom is -0.312 e. The molecule has 6 heteroatoms. The third kappa shape index (κ3) is 3.83. The van der Waals surface area contributed by atoms with Gasteiger partial charge in [0.1, 0.15) is 0 Å². The topological polar surface area (TPSA) is 24.9 Å². The number of benzene rings is 1. The normalized spacial score (nSPS) is 13.4. The minimum atomic E-state index is -4.29. The van der Waals surface area contributed by atoms with Gasteiger partial charge in [0, 0.05) is 10.9 Å². The zero-order chi connectivity index (χ0) is 15.6. The molecule has 0 amide bonds. The molecule has 2 aromatic rings. The second-order valence-electron chi connectivity index (χ2n) is 4.92. The van der Waals surface area contributed by atoms with Crippen molar-refractivity contribution in [1.82, 2.24) is 10.3 Å². The maximum atomic E-state index is 12.5. The van der Waals surface area contributed by atoms with Gasteiger partial charge in [-0.1, -0.05) is 12.1 Å². The Morgan fingerprint density at radius 2 is 1.81 bits per heavy atom. The number of aryl methyl sites for hydroxylation is 2. The fraction of sp³-hybridized carbons (Fsp3) is 0.400. The van der Waals surface area contributed by atoms with E-state index in [0.717, 1.165) is 33.3 Å². The molecule has 1 aromatic carbocycles. The van der Waals surface area contributed by atoms with Crippen molar-refractivity contribution in [2.75, 3.05) is 7.05 Å². The van der Waals surface area contributed by atoms with Crippen LogP contribution in [0.25, 0.3) is 0 Å². The van der Waals surface area contributed by atoms with Crippen LogP contribution in [0.15, 0.2) is 24.3 Å². The molecule has 1 atom stereocenters. The van der Waals surface area contributed by atoms with E-state index in [1.165, 1.54) is 12.1 Å². The zero-order valence-corrected chi connectivity index (χ0v) is 12.9. The molecule has 0 aliphatic heterocycles. The van der Waals surface area contributed by atoms with Crippen LogP contribution in [0.3, 0.4) is 0 Å². The lowest BCUT2D eigenvalue weighted by atomic mass is 10.0. The quantitative estimate of drug-likeness (QED) is 0.911. The summed E-state index contributed by atoms with van der Waals surface area (Å²) in [4.78, 5) is 5.53. The van der Waals surface area contributed by atoms with E-state index in [0.29, 0.717) is 6.42 Å². The molecule has 114 valence electrons. The maximum Gasteiger partial charge on any atom is 0.416 e. The van der Waals surface area contributed by atoms with Crippen molar-refractivity contribution < 1.29 is 13.2 Å². The number of rotatable bonds is 4. The van der Waals surface area contributed by atoms with Gasteiger partial charge in [-0.05, 0) is 45.0 Å². The lowest BCUT2D eigenvalue weighted by Crippen LogP contribution is -2.18. The highest BCUT2D eigenvalue weighted by atomic mass is 32.1. The number of hydrogen-bond donors (Lipinski definition) is 1. The summed E-state index contributed by atoms with van der Waals surface area (Å²) in [6.07, 6.45) is -3.65. The van der Waals surface area contributed by atoms with Gasteiger partial charge in [-0.2, -0.15) is 13.2 Å². The molecule has 2 rings (SSSR count). The Kier molecular flexibility index (Phi) is 4.68.